The maximum Gasteiger partial charge on any atom is 0.137 e. The average molecular weight is 319 g/mol. The summed E-state index contributed by atoms with van der Waals surface area (Å²) in [7, 11) is 0. The van der Waals surface area contributed by atoms with Crippen LogP contribution < -0.4 is 0 Å². The maximum absolute atomic E-state index is 4.86. The largest absolute Gasteiger partial charge is 0.346 e. The van der Waals surface area contributed by atoms with Gasteiger partial charge >= 0.3 is 0 Å². The number of rotatable bonds is 4. The lowest BCUT2D eigenvalue weighted by Gasteiger charge is -2.27. The molecule has 0 radical (unpaired) electrons. The summed E-state index contributed by atoms with van der Waals surface area (Å²) in [5.41, 5.74) is 4.84. The van der Waals surface area contributed by atoms with Crippen molar-refractivity contribution in [3.8, 4) is 0 Å². The molecule has 5 nitrogen and oxygen atoms in total. The van der Waals surface area contributed by atoms with Crippen LogP contribution in [0.1, 0.15) is 35.5 Å². The molecule has 0 bridgehead atoms. The SMILES string of the molecule is c1cnc2[nH]cc(CN3CCc4cnc(CC5CC5)nc4C3)c2c1. The lowest BCUT2D eigenvalue weighted by Crippen LogP contribution is -2.31. The molecule has 0 aromatic carbocycles. The number of fused-ring (bicyclic) bond motifs is 2. The minimum absolute atomic E-state index is 0.835. The molecule has 2 aliphatic rings. The van der Waals surface area contributed by atoms with Crippen molar-refractivity contribution in [3.05, 3.63) is 53.4 Å². The molecule has 0 amide bonds. The van der Waals surface area contributed by atoms with Gasteiger partial charge in [-0.05, 0) is 48.4 Å². The van der Waals surface area contributed by atoms with Crippen molar-refractivity contribution in [1.82, 2.24) is 24.8 Å². The molecular formula is C19H21N5. The minimum atomic E-state index is 0.835. The third kappa shape index (κ3) is 2.69. The number of aromatic nitrogens is 4. The Balaban J connectivity index is 1.35. The summed E-state index contributed by atoms with van der Waals surface area (Å²) >= 11 is 0. The van der Waals surface area contributed by atoms with Crippen LogP contribution in [0.4, 0.5) is 0 Å². The van der Waals surface area contributed by atoms with E-state index in [-0.39, 0.29) is 0 Å². The van der Waals surface area contributed by atoms with Gasteiger partial charge in [-0.15, -0.1) is 0 Å². The molecule has 4 heterocycles. The van der Waals surface area contributed by atoms with Gasteiger partial charge in [0.1, 0.15) is 11.5 Å². The molecule has 5 heteroatoms. The first-order valence-electron chi connectivity index (χ1n) is 8.82. The highest BCUT2D eigenvalue weighted by atomic mass is 15.1. The standard InChI is InChI=1S/C19H21N5/c1-2-16-15(10-22-19(16)20-6-1)11-24-7-5-14-9-21-18(8-13-3-4-13)23-17(14)12-24/h1-2,6,9-10,13H,3-5,7-8,11-12H2,(H,20,22). The zero-order valence-electron chi connectivity index (χ0n) is 13.7. The molecule has 1 saturated carbocycles. The van der Waals surface area contributed by atoms with Gasteiger partial charge in [0.15, 0.2) is 0 Å². The van der Waals surface area contributed by atoms with Gasteiger partial charge in [0.2, 0.25) is 0 Å². The van der Waals surface area contributed by atoms with Crippen LogP contribution in [0.3, 0.4) is 0 Å². The van der Waals surface area contributed by atoms with Crippen LogP contribution in [0.15, 0.2) is 30.7 Å². The summed E-state index contributed by atoms with van der Waals surface area (Å²) in [6.45, 7) is 2.92. The number of nitrogens with one attached hydrogen (secondary N) is 1. The summed E-state index contributed by atoms with van der Waals surface area (Å²) in [6, 6.07) is 4.14. The quantitative estimate of drug-likeness (QED) is 0.803. The summed E-state index contributed by atoms with van der Waals surface area (Å²) < 4.78 is 0. The number of hydrogen-bond donors (Lipinski definition) is 1. The predicted molar refractivity (Wildman–Crippen MR) is 92.4 cm³/mol. The first-order valence-corrected chi connectivity index (χ1v) is 8.82. The van der Waals surface area contributed by atoms with E-state index in [2.05, 4.69) is 38.3 Å². The molecule has 3 aromatic rings. The van der Waals surface area contributed by atoms with Crippen molar-refractivity contribution in [2.24, 2.45) is 5.92 Å². The highest BCUT2D eigenvalue weighted by molar-refractivity contribution is 5.79. The lowest BCUT2D eigenvalue weighted by atomic mass is 10.1. The maximum atomic E-state index is 4.86. The normalized spacial score (nSPS) is 18.0. The fourth-order valence-corrected chi connectivity index (χ4v) is 3.60. The zero-order valence-corrected chi connectivity index (χ0v) is 13.7. The van der Waals surface area contributed by atoms with Crippen LogP contribution >= 0.6 is 0 Å². The molecule has 1 N–H and O–H groups in total. The second-order valence-electron chi connectivity index (χ2n) is 7.08. The highest BCUT2D eigenvalue weighted by Gasteiger charge is 2.24. The van der Waals surface area contributed by atoms with Crippen molar-refractivity contribution < 1.29 is 0 Å². The van der Waals surface area contributed by atoms with E-state index in [0.717, 1.165) is 49.9 Å². The molecular weight excluding hydrogens is 298 g/mol. The van der Waals surface area contributed by atoms with Gasteiger partial charge in [-0.25, -0.2) is 15.0 Å². The van der Waals surface area contributed by atoms with E-state index < -0.39 is 0 Å². The van der Waals surface area contributed by atoms with Gasteiger partial charge in [0.25, 0.3) is 0 Å². The van der Waals surface area contributed by atoms with Crippen LogP contribution in [-0.2, 0) is 25.9 Å². The third-order valence-corrected chi connectivity index (χ3v) is 5.17. The molecule has 1 fully saturated rings. The Bertz CT molecular complexity index is 880. The van der Waals surface area contributed by atoms with Gasteiger partial charge in [-0.3, -0.25) is 4.90 Å². The average Bonchev–Trinajstić information content (AvgIpc) is 3.34. The number of H-pyrrole nitrogens is 1. The fourth-order valence-electron chi connectivity index (χ4n) is 3.60. The van der Waals surface area contributed by atoms with Crippen LogP contribution in [0.5, 0.6) is 0 Å². The van der Waals surface area contributed by atoms with Gasteiger partial charge in [-0.1, -0.05) is 0 Å². The van der Waals surface area contributed by atoms with Crippen LogP contribution in [0.2, 0.25) is 0 Å². The number of aromatic amines is 1. The molecule has 1 aliphatic heterocycles. The smallest absolute Gasteiger partial charge is 0.137 e. The second kappa shape index (κ2) is 5.67. The van der Waals surface area contributed by atoms with Gasteiger partial charge in [-0.2, -0.15) is 0 Å². The lowest BCUT2D eigenvalue weighted by molar-refractivity contribution is 0.241. The summed E-state index contributed by atoms with van der Waals surface area (Å²) in [4.78, 5) is 19.6. The topological polar surface area (TPSA) is 57.7 Å². The molecule has 122 valence electrons. The Kier molecular flexibility index (Phi) is 3.33. The molecule has 0 spiro atoms. The Morgan fingerprint density at radius 3 is 3.12 bits per heavy atom. The molecule has 0 saturated heterocycles. The fraction of sp³-hybridized carbons (Fsp3) is 0.421. The molecule has 0 unspecified atom stereocenters. The monoisotopic (exact) mass is 319 g/mol. The van der Waals surface area contributed by atoms with Gasteiger partial charge in [0, 0.05) is 50.0 Å². The van der Waals surface area contributed by atoms with Crippen LogP contribution in [0.25, 0.3) is 11.0 Å². The molecule has 1 aliphatic carbocycles. The number of hydrogen-bond acceptors (Lipinski definition) is 4. The predicted octanol–water partition coefficient (Wildman–Crippen LogP) is 2.86. The Morgan fingerprint density at radius 2 is 2.21 bits per heavy atom. The molecule has 0 atom stereocenters. The Labute approximate surface area is 141 Å². The summed E-state index contributed by atoms with van der Waals surface area (Å²) in [5.74, 6) is 1.87. The first kappa shape index (κ1) is 14.1. The van der Waals surface area contributed by atoms with E-state index in [1.807, 2.05) is 12.3 Å². The van der Waals surface area contributed by atoms with E-state index >= 15 is 0 Å². The van der Waals surface area contributed by atoms with Crippen molar-refractivity contribution >= 4 is 11.0 Å². The van der Waals surface area contributed by atoms with E-state index in [0.29, 0.717) is 0 Å². The number of pyridine rings is 1. The number of nitrogens with zero attached hydrogens (tertiary/aromatic N) is 4. The third-order valence-electron chi connectivity index (χ3n) is 5.17. The minimum Gasteiger partial charge on any atom is -0.346 e. The van der Waals surface area contributed by atoms with Crippen LogP contribution in [0, 0.1) is 5.92 Å². The van der Waals surface area contributed by atoms with E-state index in [9.17, 15) is 0 Å². The second-order valence-corrected chi connectivity index (χ2v) is 7.08. The molecule has 24 heavy (non-hydrogen) atoms. The van der Waals surface area contributed by atoms with Crippen LogP contribution in [-0.4, -0.2) is 31.4 Å². The Hall–Kier alpha value is -2.27. The summed E-state index contributed by atoms with van der Waals surface area (Å²) in [5, 5.41) is 1.22. The van der Waals surface area contributed by atoms with Crippen molar-refractivity contribution in [1.29, 1.82) is 0 Å². The van der Waals surface area contributed by atoms with Gasteiger partial charge in [0.05, 0.1) is 5.69 Å². The van der Waals surface area contributed by atoms with E-state index in [1.54, 1.807) is 0 Å². The van der Waals surface area contributed by atoms with Crippen molar-refractivity contribution in [2.45, 2.75) is 38.8 Å². The highest BCUT2D eigenvalue weighted by Crippen LogP contribution is 2.32. The molecule has 3 aromatic heterocycles. The van der Waals surface area contributed by atoms with E-state index in [1.165, 1.54) is 35.0 Å². The molecule has 5 rings (SSSR count). The summed E-state index contributed by atoms with van der Waals surface area (Å²) in [6.07, 6.45) is 10.8. The Morgan fingerprint density at radius 1 is 1.25 bits per heavy atom. The van der Waals surface area contributed by atoms with Crippen molar-refractivity contribution in [3.63, 3.8) is 0 Å². The van der Waals surface area contributed by atoms with Crippen molar-refractivity contribution in [2.75, 3.05) is 6.54 Å². The first-order chi connectivity index (χ1) is 11.8. The van der Waals surface area contributed by atoms with E-state index in [4.69, 9.17) is 4.98 Å². The van der Waals surface area contributed by atoms with Gasteiger partial charge < -0.3 is 4.98 Å². The zero-order chi connectivity index (χ0) is 15.9.